The van der Waals surface area contributed by atoms with Gasteiger partial charge in [0.05, 0.1) is 6.61 Å². The molecule has 142 valence electrons. The maximum atomic E-state index is 13.1. The van der Waals surface area contributed by atoms with E-state index in [1.165, 1.54) is 0 Å². The van der Waals surface area contributed by atoms with Crippen molar-refractivity contribution in [1.29, 1.82) is 0 Å². The van der Waals surface area contributed by atoms with Gasteiger partial charge in [0.1, 0.15) is 5.58 Å². The van der Waals surface area contributed by atoms with Crippen LogP contribution in [0.2, 0.25) is 0 Å². The summed E-state index contributed by atoms with van der Waals surface area (Å²) in [4.78, 5) is 17.5. The summed E-state index contributed by atoms with van der Waals surface area (Å²) in [6.07, 6.45) is 1.03. The highest BCUT2D eigenvalue weighted by Gasteiger charge is 2.33. The largest absolute Gasteiger partial charge is 0.451 e. The number of hydrogen-bond acceptors (Lipinski definition) is 5. The zero-order chi connectivity index (χ0) is 17.2. The van der Waals surface area contributed by atoms with Crippen molar-refractivity contribution >= 4 is 29.3 Å². The van der Waals surface area contributed by atoms with E-state index >= 15 is 0 Å². The van der Waals surface area contributed by atoms with Gasteiger partial charge in [0.2, 0.25) is 0 Å². The number of furan rings is 1. The number of rotatable bonds is 4. The van der Waals surface area contributed by atoms with Crippen LogP contribution in [0.15, 0.2) is 28.7 Å². The van der Waals surface area contributed by atoms with Crippen molar-refractivity contribution in [2.75, 3.05) is 46.4 Å². The number of carbonyl (C=O) groups is 1. The number of piperazine rings is 1. The Bertz CT molecular complexity index is 758. The van der Waals surface area contributed by atoms with E-state index in [0.717, 1.165) is 62.2 Å². The van der Waals surface area contributed by atoms with E-state index in [-0.39, 0.29) is 18.3 Å². The SMILES string of the molecule is COCc1c(C(=O)N2CCC(N3CCNCC3)C2)oc2ccccc12.Cl. The van der Waals surface area contributed by atoms with Crippen molar-refractivity contribution in [2.24, 2.45) is 0 Å². The van der Waals surface area contributed by atoms with E-state index in [1.807, 2.05) is 29.2 Å². The number of benzene rings is 1. The fourth-order valence-electron chi connectivity index (χ4n) is 3.97. The van der Waals surface area contributed by atoms with Crippen molar-refractivity contribution < 1.29 is 13.9 Å². The maximum absolute atomic E-state index is 13.1. The van der Waals surface area contributed by atoms with Crippen LogP contribution in [-0.2, 0) is 11.3 Å². The van der Waals surface area contributed by atoms with E-state index in [9.17, 15) is 4.79 Å². The third-order valence-electron chi connectivity index (χ3n) is 5.30. The van der Waals surface area contributed by atoms with Gasteiger partial charge < -0.3 is 19.4 Å². The number of methoxy groups -OCH3 is 1. The number of hydrogen-bond donors (Lipinski definition) is 1. The second kappa shape index (κ2) is 8.39. The molecule has 1 unspecified atom stereocenters. The lowest BCUT2D eigenvalue weighted by Gasteiger charge is -2.32. The molecule has 2 saturated heterocycles. The van der Waals surface area contributed by atoms with Gasteiger partial charge in [-0.3, -0.25) is 9.69 Å². The van der Waals surface area contributed by atoms with Gasteiger partial charge in [0.25, 0.3) is 5.91 Å². The predicted octanol–water partition coefficient (Wildman–Crippen LogP) is 2.12. The number of nitrogens with zero attached hydrogens (tertiary/aromatic N) is 2. The molecular formula is C19H26ClN3O3. The number of fused-ring (bicyclic) bond motifs is 1. The molecule has 0 spiro atoms. The average Bonchev–Trinajstić information content (AvgIpc) is 3.28. The Morgan fingerprint density at radius 3 is 2.81 bits per heavy atom. The first-order chi connectivity index (χ1) is 12.3. The Hall–Kier alpha value is -1.60. The Balaban J connectivity index is 0.00000196. The average molecular weight is 380 g/mol. The smallest absolute Gasteiger partial charge is 0.290 e. The van der Waals surface area contributed by atoms with Crippen LogP contribution < -0.4 is 5.32 Å². The van der Waals surface area contributed by atoms with Gasteiger partial charge in [-0.25, -0.2) is 0 Å². The minimum absolute atomic E-state index is 0. The molecule has 2 aromatic rings. The summed E-state index contributed by atoms with van der Waals surface area (Å²) in [7, 11) is 1.65. The molecule has 2 fully saturated rings. The number of halogens is 1. The number of likely N-dealkylation sites (tertiary alicyclic amines) is 1. The van der Waals surface area contributed by atoms with Gasteiger partial charge in [0, 0.05) is 63.4 Å². The van der Waals surface area contributed by atoms with E-state index < -0.39 is 0 Å². The first-order valence-corrected chi connectivity index (χ1v) is 9.01. The molecule has 0 aliphatic carbocycles. The summed E-state index contributed by atoms with van der Waals surface area (Å²) in [5.41, 5.74) is 1.60. The highest BCUT2D eigenvalue weighted by atomic mass is 35.5. The van der Waals surface area contributed by atoms with Crippen LogP contribution in [0.25, 0.3) is 11.0 Å². The van der Waals surface area contributed by atoms with Crippen molar-refractivity contribution in [1.82, 2.24) is 15.1 Å². The van der Waals surface area contributed by atoms with Crippen LogP contribution >= 0.6 is 12.4 Å². The molecule has 4 rings (SSSR count). The molecule has 0 saturated carbocycles. The minimum atomic E-state index is -0.0131. The molecule has 0 radical (unpaired) electrons. The first-order valence-electron chi connectivity index (χ1n) is 9.01. The van der Waals surface area contributed by atoms with Crippen LogP contribution in [0.4, 0.5) is 0 Å². The minimum Gasteiger partial charge on any atom is -0.451 e. The molecule has 1 N–H and O–H groups in total. The molecule has 1 aromatic heterocycles. The molecular weight excluding hydrogens is 354 g/mol. The van der Waals surface area contributed by atoms with Gasteiger partial charge in [-0.2, -0.15) is 0 Å². The zero-order valence-electron chi connectivity index (χ0n) is 15.1. The third-order valence-corrected chi connectivity index (χ3v) is 5.30. The lowest BCUT2D eigenvalue weighted by molar-refractivity contribution is 0.0738. The quantitative estimate of drug-likeness (QED) is 0.881. The van der Waals surface area contributed by atoms with Crippen LogP contribution in [0.1, 0.15) is 22.5 Å². The molecule has 1 atom stereocenters. The Morgan fingerprint density at radius 2 is 2.04 bits per heavy atom. The summed E-state index contributed by atoms with van der Waals surface area (Å²) < 4.78 is 11.2. The number of nitrogens with one attached hydrogen (secondary N) is 1. The fourth-order valence-corrected chi connectivity index (χ4v) is 3.97. The monoisotopic (exact) mass is 379 g/mol. The third kappa shape index (κ3) is 3.60. The van der Waals surface area contributed by atoms with E-state index in [4.69, 9.17) is 9.15 Å². The number of amides is 1. The van der Waals surface area contributed by atoms with Crippen molar-refractivity contribution in [2.45, 2.75) is 19.1 Å². The van der Waals surface area contributed by atoms with Crippen LogP contribution in [0, 0.1) is 0 Å². The number of ether oxygens (including phenoxy) is 1. The fraction of sp³-hybridized carbons (Fsp3) is 0.526. The van der Waals surface area contributed by atoms with Crippen molar-refractivity contribution in [3.63, 3.8) is 0 Å². The number of carbonyl (C=O) groups excluding carboxylic acids is 1. The van der Waals surface area contributed by atoms with Gasteiger partial charge in [-0.1, -0.05) is 18.2 Å². The van der Waals surface area contributed by atoms with Crippen LogP contribution in [0.5, 0.6) is 0 Å². The second-order valence-electron chi connectivity index (χ2n) is 6.82. The normalized spacial score (nSPS) is 21.1. The lowest BCUT2D eigenvalue weighted by atomic mass is 10.1. The number of para-hydroxylation sites is 1. The Morgan fingerprint density at radius 1 is 1.27 bits per heavy atom. The summed E-state index contributed by atoms with van der Waals surface area (Å²) in [5.74, 6) is 0.421. The van der Waals surface area contributed by atoms with Crippen molar-refractivity contribution in [3.8, 4) is 0 Å². The molecule has 1 amide bonds. The van der Waals surface area contributed by atoms with Crippen LogP contribution in [-0.4, -0.2) is 68.1 Å². The van der Waals surface area contributed by atoms with Gasteiger partial charge >= 0.3 is 0 Å². The summed E-state index contributed by atoms with van der Waals surface area (Å²) in [5, 5.41) is 4.35. The molecule has 26 heavy (non-hydrogen) atoms. The molecule has 2 aliphatic rings. The highest BCUT2D eigenvalue weighted by molar-refractivity contribution is 5.99. The van der Waals surface area contributed by atoms with E-state index in [1.54, 1.807) is 7.11 Å². The first kappa shape index (κ1) is 19.2. The Labute approximate surface area is 159 Å². The summed E-state index contributed by atoms with van der Waals surface area (Å²) >= 11 is 0. The lowest BCUT2D eigenvalue weighted by Crippen LogP contribution is -2.49. The summed E-state index contributed by atoms with van der Waals surface area (Å²) in [6, 6.07) is 8.23. The molecule has 0 bridgehead atoms. The predicted molar refractivity (Wildman–Crippen MR) is 103 cm³/mol. The Kier molecular flexibility index (Phi) is 6.19. The van der Waals surface area contributed by atoms with Gasteiger partial charge in [0.15, 0.2) is 5.76 Å². The highest BCUT2D eigenvalue weighted by Crippen LogP contribution is 2.29. The zero-order valence-corrected chi connectivity index (χ0v) is 15.9. The van der Waals surface area contributed by atoms with Crippen molar-refractivity contribution in [3.05, 3.63) is 35.6 Å². The van der Waals surface area contributed by atoms with Gasteiger partial charge in [-0.05, 0) is 12.5 Å². The van der Waals surface area contributed by atoms with E-state index in [2.05, 4.69) is 10.2 Å². The standard InChI is InChI=1S/C19H25N3O3.ClH/c1-24-13-16-15-4-2-3-5-17(15)25-18(16)19(23)22-9-6-14(12-22)21-10-7-20-8-11-21;/h2-5,14,20H,6-13H2,1H3;1H. The summed E-state index contributed by atoms with van der Waals surface area (Å²) in [6.45, 7) is 6.14. The maximum Gasteiger partial charge on any atom is 0.290 e. The molecule has 6 nitrogen and oxygen atoms in total. The topological polar surface area (TPSA) is 58.0 Å². The van der Waals surface area contributed by atoms with Crippen LogP contribution in [0.3, 0.4) is 0 Å². The molecule has 3 heterocycles. The van der Waals surface area contributed by atoms with Gasteiger partial charge in [-0.15, -0.1) is 12.4 Å². The molecule has 7 heteroatoms. The molecule has 2 aliphatic heterocycles. The second-order valence-corrected chi connectivity index (χ2v) is 6.82. The van der Waals surface area contributed by atoms with E-state index in [0.29, 0.717) is 18.4 Å². The molecule has 1 aromatic carbocycles.